The van der Waals surface area contributed by atoms with Crippen molar-refractivity contribution in [3.05, 3.63) is 27.3 Å². The molecule has 18 heavy (non-hydrogen) atoms. The molecule has 0 unspecified atom stereocenters. The fourth-order valence-corrected chi connectivity index (χ4v) is 2.48. The van der Waals surface area contributed by atoms with E-state index in [1.165, 1.54) is 0 Å². The summed E-state index contributed by atoms with van der Waals surface area (Å²) in [5, 5.41) is 3.25. The van der Waals surface area contributed by atoms with Crippen LogP contribution in [0, 0.1) is 3.57 Å². The molecule has 1 aliphatic heterocycles. The lowest BCUT2D eigenvalue weighted by atomic mass is 10.1. The number of rotatable bonds is 3. The van der Waals surface area contributed by atoms with Gasteiger partial charge in [0.15, 0.2) is 0 Å². The lowest BCUT2D eigenvalue weighted by molar-refractivity contribution is 0.0731. The Balaban J connectivity index is 2.24. The number of carbonyl (C=O) groups is 1. The Morgan fingerprint density at radius 1 is 1.44 bits per heavy atom. The summed E-state index contributed by atoms with van der Waals surface area (Å²) in [6.07, 6.45) is 0. The molecule has 1 aliphatic rings. The highest BCUT2D eigenvalue weighted by molar-refractivity contribution is 14.1. The summed E-state index contributed by atoms with van der Waals surface area (Å²) in [4.78, 5) is 14.3. The average molecular weight is 360 g/mol. The monoisotopic (exact) mass is 360 g/mol. The molecule has 0 aliphatic carbocycles. The van der Waals surface area contributed by atoms with E-state index in [4.69, 9.17) is 4.74 Å². The SMILES string of the molecule is CCOc1ccc(I)cc1C(=O)N1CCNCC1. The normalized spacial score (nSPS) is 15.6. The third-order valence-corrected chi connectivity index (χ3v) is 3.55. The number of hydrogen-bond donors (Lipinski definition) is 1. The zero-order valence-electron chi connectivity index (χ0n) is 10.4. The Labute approximate surface area is 121 Å². The maximum absolute atomic E-state index is 12.5. The molecule has 0 spiro atoms. The van der Waals surface area contributed by atoms with E-state index in [-0.39, 0.29) is 5.91 Å². The van der Waals surface area contributed by atoms with E-state index in [0.29, 0.717) is 17.9 Å². The Morgan fingerprint density at radius 3 is 2.83 bits per heavy atom. The van der Waals surface area contributed by atoms with E-state index < -0.39 is 0 Å². The highest BCUT2D eigenvalue weighted by Gasteiger charge is 2.21. The van der Waals surface area contributed by atoms with E-state index in [1.54, 1.807) is 0 Å². The Bertz CT molecular complexity index is 431. The van der Waals surface area contributed by atoms with Crippen LogP contribution in [-0.4, -0.2) is 43.6 Å². The first-order valence-corrected chi connectivity index (χ1v) is 7.22. The molecular weight excluding hydrogens is 343 g/mol. The van der Waals surface area contributed by atoms with Gasteiger partial charge < -0.3 is 15.0 Å². The predicted octanol–water partition coefficient (Wildman–Crippen LogP) is 1.74. The van der Waals surface area contributed by atoms with Gasteiger partial charge in [0, 0.05) is 29.7 Å². The van der Waals surface area contributed by atoms with Crippen LogP contribution in [0.4, 0.5) is 0 Å². The smallest absolute Gasteiger partial charge is 0.257 e. The molecule has 1 aromatic rings. The molecule has 98 valence electrons. The number of hydrogen-bond acceptors (Lipinski definition) is 3. The fraction of sp³-hybridized carbons (Fsp3) is 0.462. The molecule has 0 bridgehead atoms. The molecule has 2 rings (SSSR count). The number of ether oxygens (including phenoxy) is 1. The molecule has 0 saturated carbocycles. The molecule has 1 heterocycles. The molecule has 0 aromatic heterocycles. The van der Waals surface area contributed by atoms with Crippen molar-refractivity contribution in [1.29, 1.82) is 0 Å². The van der Waals surface area contributed by atoms with Crippen LogP contribution in [0.15, 0.2) is 18.2 Å². The van der Waals surface area contributed by atoms with Gasteiger partial charge in [-0.15, -0.1) is 0 Å². The lowest BCUT2D eigenvalue weighted by Crippen LogP contribution is -2.46. The first-order valence-electron chi connectivity index (χ1n) is 6.14. The Hall–Kier alpha value is -0.820. The van der Waals surface area contributed by atoms with Gasteiger partial charge in [-0.2, -0.15) is 0 Å². The number of amides is 1. The Morgan fingerprint density at radius 2 is 2.17 bits per heavy atom. The van der Waals surface area contributed by atoms with Gasteiger partial charge in [-0.05, 0) is 47.7 Å². The number of nitrogens with zero attached hydrogens (tertiary/aromatic N) is 1. The second-order valence-electron chi connectivity index (χ2n) is 4.12. The van der Waals surface area contributed by atoms with Gasteiger partial charge in [0.25, 0.3) is 5.91 Å². The minimum absolute atomic E-state index is 0.0680. The number of piperazine rings is 1. The van der Waals surface area contributed by atoms with Gasteiger partial charge in [0.1, 0.15) is 5.75 Å². The first-order chi connectivity index (χ1) is 8.72. The van der Waals surface area contributed by atoms with E-state index in [2.05, 4.69) is 27.9 Å². The predicted molar refractivity (Wildman–Crippen MR) is 79.1 cm³/mol. The molecule has 0 atom stereocenters. The standard InChI is InChI=1S/C13H17IN2O2/c1-2-18-12-4-3-10(14)9-11(12)13(17)16-7-5-15-6-8-16/h3-4,9,15H,2,5-8H2,1H3. The molecule has 4 nitrogen and oxygen atoms in total. The molecule has 1 N–H and O–H groups in total. The maximum atomic E-state index is 12.5. The second-order valence-corrected chi connectivity index (χ2v) is 5.36. The van der Waals surface area contributed by atoms with Crippen molar-refractivity contribution in [1.82, 2.24) is 10.2 Å². The van der Waals surface area contributed by atoms with Crippen molar-refractivity contribution in [2.75, 3.05) is 32.8 Å². The maximum Gasteiger partial charge on any atom is 0.257 e. The number of nitrogens with one attached hydrogen (secondary N) is 1. The summed E-state index contributed by atoms with van der Waals surface area (Å²) in [5.74, 6) is 0.750. The van der Waals surface area contributed by atoms with Crippen molar-refractivity contribution in [3.8, 4) is 5.75 Å². The van der Waals surface area contributed by atoms with Gasteiger partial charge in [0.2, 0.25) is 0 Å². The number of halogens is 1. The van der Waals surface area contributed by atoms with Crippen LogP contribution in [0.5, 0.6) is 5.75 Å². The first kappa shape index (κ1) is 13.6. The van der Waals surface area contributed by atoms with Gasteiger partial charge in [0.05, 0.1) is 12.2 Å². The van der Waals surface area contributed by atoms with Crippen LogP contribution < -0.4 is 10.1 Å². The third kappa shape index (κ3) is 3.14. The van der Waals surface area contributed by atoms with E-state index in [0.717, 1.165) is 29.7 Å². The zero-order valence-corrected chi connectivity index (χ0v) is 12.6. The fourth-order valence-electron chi connectivity index (χ4n) is 1.99. The average Bonchev–Trinajstić information content (AvgIpc) is 2.41. The van der Waals surface area contributed by atoms with Gasteiger partial charge in [-0.1, -0.05) is 0 Å². The van der Waals surface area contributed by atoms with Gasteiger partial charge in [-0.3, -0.25) is 4.79 Å². The van der Waals surface area contributed by atoms with Crippen molar-refractivity contribution < 1.29 is 9.53 Å². The summed E-state index contributed by atoms with van der Waals surface area (Å²) in [6, 6.07) is 5.73. The molecular formula is C13H17IN2O2. The third-order valence-electron chi connectivity index (χ3n) is 2.88. The van der Waals surface area contributed by atoms with Crippen molar-refractivity contribution in [2.24, 2.45) is 0 Å². The highest BCUT2D eigenvalue weighted by Crippen LogP contribution is 2.23. The van der Waals surface area contributed by atoms with Crippen LogP contribution >= 0.6 is 22.6 Å². The summed E-state index contributed by atoms with van der Waals surface area (Å²) in [7, 11) is 0. The summed E-state index contributed by atoms with van der Waals surface area (Å²) >= 11 is 2.22. The van der Waals surface area contributed by atoms with Crippen LogP contribution in [-0.2, 0) is 0 Å². The Kier molecular flexibility index (Phi) is 4.82. The van der Waals surface area contributed by atoms with Gasteiger partial charge >= 0.3 is 0 Å². The van der Waals surface area contributed by atoms with Crippen molar-refractivity contribution in [3.63, 3.8) is 0 Å². The minimum Gasteiger partial charge on any atom is -0.493 e. The quantitative estimate of drug-likeness (QED) is 0.835. The van der Waals surface area contributed by atoms with Gasteiger partial charge in [-0.25, -0.2) is 0 Å². The van der Waals surface area contributed by atoms with Crippen LogP contribution in [0.3, 0.4) is 0 Å². The summed E-state index contributed by atoms with van der Waals surface area (Å²) < 4.78 is 6.59. The van der Waals surface area contributed by atoms with Crippen LogP contribution in [0.25, 0.3) is 0 Å². The molecule has 1 saturated heterocycles. The van der Waals surface area contributed by atoms with E-state index >= 15 is 0 Å². The summed E-state index contributed by atoms with van der Waals surface area (Å²) in [6.45, 7) is 5.74. The molecule has 1 aromatic carbocycles. The minimum atomic E-state index is 0.0680. The highest BCUT2D eigenvalue weighted by atomic mass is 127. The second kappa shape index (κ2) is 6.38. The topological polar surface area (TPSA) is 41.6 Å². The molecule has 1 amide bonds. The van der Waals surface area contributed by atoms with Crippen molar-refractivity contribution >= 4 is 28.5 Å². The zero-order chi connectivity index (χ0) is 13.0. The number of carbonyl (C=O) groups excluding carboxylic acids is 1. The summed E-state index contributed by atoms with van der Waals surface area (Å²) in [5.41, 5.74) is 0.672. The molecule has 5 heteroatoms. The van der Waals surface area contributed by atoms with E-state index in [1.807, 2.05) is 30.0 Å². The van der Waals surface area contributed by atoms with Crippen LogP contribution in [0.2, 0.25) is 0 Å². The van der Waals surface area contributed by atoms with Crippen LogP contribution in [0.1, 0.15) is 17.3 Å². The van der Waals surface area contributed by atoms with Crippen molar-refractivity contribution in [2.45, 2.75) is 6.92 Å². The molecule has 1 fully saturated rings. The molecule has 0 radical (unpaired) electrons. The lowest BCUT2D eigenvalue weighted by Gasteiger charge is -2.28. The largest absolute Gasteiger partial charge is 0.493 e. The number of benzene rings is 1. The van der Waals surface area contributed by atoms with E-state index in [9.17, 15) is 4.79 Å².